The first kappa shape index (κ1) is 25.1. The molecule has 0 radical (unpaired) electrons. The lowest BCUT2D eigenvalue weighted by Gasteiger charge is -2.35. The van der Waals surface area contributed by atoms with Crippen molar-refractivity contribution < 1.29 is 32.2 Å². The summed E-state index contributed by atoms with van der Waals surface area (Å²) in [5.41, 5.74) is 1.46. The van der Waals surface area contributed by atoms with Gasteiger partial charge in [0, 0.05) is 0 Å². The third-order valence-corrected chi connectivity index (χ3v) is 7.54. The number of carbonyl (C=O) groups excluding carboxylic acids is 2. The summed E-state index contributed by atoms with van der Waals surface area (Å²) in [5, 5.41) is 0. The number of aryl methyl sites for hydroxylation is 1. The van der Waals surface area contributed by atoms with Crippen molar-refractivity contribution in [3.63, 3.8) is 0 Å². The number of anilines is 2. The highest BCUT2D eigenvalue weighted by Gasteiger charge is 2.37. The van der Waals surface area contributed by atoms with E-state index in [9.17, 15) is 18.0 Å². The van der Waals surface area contributed by atoms with Crippen molar-refractivity contribution in [2.45, 2.75) is 17.9 Å². The normalized spacial score (nSPS) is 14.9. The van der Waals surface area contributed by atoms with Crippen molar-refractivity contribution in [2.24, 2.45) is 0 Å². The van der Waals surface area contributed by atoms with Crippen LogP contribution < -0.4 is 18.7 Å². The minimum Gasteiger partial charge on any atom is -0.495 e. The number of esters is 1. The molecule has 0 saturated heterocycles. The van der Waals surface area contributed by atoms with Crippen LogP contribution in [-0.2, 0) is 24.3 Å². The van der Waals surface area contributed by atoms with Crippen molar-refractivity contribution in [1.82, 2.24) is 0 Å². The summed E-state index contributed by atoms with van der Waals surface area (Å²) in [5.74, 6) is -0.698. The summed E-state index contributed by atoms with van der Waals surface area (Å²) >= 11 is 0. The Morgan fingerprint density at radius 1 is 1.03 bits per heavy atom. The van der Waals surface area contributed by atoms with Gasteiger partial charge in [0.15, 0.2) is 0 Å². The van der Waals surface area contributed by atoms with E-state index in [0.29, 0.717) is 17.1 Å². The predicted molar refractivity (Wildman–Crippen MR) is 134 cm³/mol. The molecule has 0 unspecified atom stereocenters. The lowest BCUT2D eigenvalue weighted by atomic mass is 10.2. The van der Waals surface area contributed by atoms with E-state index in [0.717, 1.165) is 9.87 Å². The Labute approximate surface area is 209 Å². The SMILES string of the molecule is COC(=O)[C@@H]1CN(C(=O)CN(c2ccccc2)S(=O)(=O)c2cc(C)ccc2OC)c2ccccc2O1. The van der Waals surface area contributed by atoms with E-state index in [1.165, 1.54) is 25.2 Å². The second-order valence-corrected chi connectivity index (χ2v) is 9.93. The van der Waals surface area contributed by atoms with Crippen molar-refractivity contribution in [1.29, 1.82) is 0 Å². The Morgan fingerprint density at radius 3 is 2.42 bits per heavy atom. The van der Waals surface area contributed by atoms with Crippen molar-refractivity contribution in [3.8, 4) is 11.5 Å². The number of sulfonamides is 1. The highest BCUT2D eigenvalue weighted by Crippen LogP contribution is 2.35. The molecule has 10 heteroatoms. The fourth-order valence-corrected chi connectivity index (χ4v) is 5.60. The molecule has 3 aromatic carbocycles. The average Bonchev–Trinajstić information content (AvgIpc) is 2.90. The number of hydrogen-bond donors (Lipinski definition) is 0. The Morgan fingerprint density at radius 2 is 1.72 bits per heavy atom. The van der Waals surface area contributed by atoms with Gasteiger partial charge in [-0.1, -0.05) is 36.4 Å². The van der Waals surface area contributed by atoms with Gasteiger partial charge in [-0.2, -0.15) is 0 Å². The molecule has 4 rings (SSSR count). The van der Waals surface area contributed by atoms with Gasteiger partial charge in [0.1, 0.15) is 22.9 Å². The zero-order chi connectivity index (χ0) is 25.9. The summed E-state index contributed by atoms with van der Waals surface area (Å²) in [6.45, 7) is 1.12. The molecule has 0 N–H and O–H groups in total. The Balaban J connectivity index is 1.76. The molecule has 3 aromatic rings. The zero-order valence-electron chi connectivity index (χ0n) is 20.1. The van der Waals surface area contributed by atoms with Crippen molar-refractivity contribution >= 4 is 33.3 Å². The number of fused-ring (bicyclic) bond motifs is 1. The molecule has 1 heterocycles. The Kier molecular flexibility index (Phi) is 7.16. The molecule has 188 valence electrons. The summed E-state index contributed by atoms with van der Waals surface area (Å²) in [6.07, 6.45) is -1.05. The number of carbonyl (C=O) groups is 2. The number of benzene rings is 3. The van der Waals surface area contributed by atoms with Crippen LogP contribution in [0.25, 0.3) is 0 Å². The maximum absolute atomic E-state index is 13.9. The summed E-state index contributed by atoms with van der Waals surface area (Å²) < 4.78 is 44.7. The summed E-state index contributed by atoms with van der Waals surface area (Å²) in [6, 6.07) is 19.9. The molecule has 0 aliphatic carbocycles. The van der Waals surface area contributed by atoms with Crippen LogP contribution in [0, 0.1) is 6.92 Å². The second-order valence-electron chi connectivity index (χ2n) is 8.10. The van der Waals surface area contributed by atoms with Crippen LogP contribution in [-0.4, -0.2) is 53.7 Å². The van der Waals surface area contributed by atoms with Crippen LogP contribution in [0.3, 0.4) is 0 Å². The number of para-hydroxylation sites is 3. The molecule has 0 saturated carbocycles. The van der Waals surface area contributed by atoms with Gasteiger partial charge >= 0.3 is 5.97 Å². The molecule has 1 aliphatic rings. The first-order chi connectivity index (χ1) is 17.3. The second kappa shape index (κ2) is 10.3. The lowest BCUT2D eigenvalue weighted by molar-refractivity contribution is -0.148. The number of hydrogen-bond acceptors (Lipinski definition) is 7. The van der Waals surface area contributed by atoms with Gasteiger partial charge in [0.2, 0.25) is 12.0 Å². The van der Waals surface area contributed by atoms with Gasteiger partial charge in [-0.3, -0.25) is 9.10 Å². The van der Waals surface area contributed by atoms with Crippen molar-refractivity contribution in [3.05, 3.63) is 78.4 Å². The molecule has 1 amide bonds. The van der Waals surface area contributed by atoms with Gasteiger partial charge in [-0.15, -0.1) is 0 Å². The van der Waals surface area contributed by atoms with Crippen LogP contribution in [0.15, 0.2) is 77.7 Å². The van der Waals surface area contributed by atoms with E-state index in [4.69, 9.17) is 14.2 Å². The molecular formula is C26H26N2O7S. The molecule has 0 aromatic heterocycles. The van der Waals surface area contributed by atoms with Gasteiger partial charge in [-0.05, 0) is 48.9 Å². The van der Waals surface area contributed by atoms with Crippen LogP contribution >= 0.6 is 0 Å². The first-order valence-electron chi connectivity index (χ1n) is 11.1. The van der Waals surface area contributed by atoms with E-state index in [1.807, 2.05) is 0 Å². The first-order valence-corrected chi connectivity index (χ1v) is 12.6. The van der Waals surface area contributed by atoms with Crippen LogP contribution in [0.5, 0.6) is 11.5 Å². The fraction of sp³-hybridized carbons (Fsp3) is 0.231. The molecule has 0 bridgehead atoms. The molecule has 0 fully saturated rings. The Hall–Kier alpha value is -4.05. The molecule has 0 spiro atoms. The van der Waals surface area contributed by atoms with E-state index < -0.39 is 34.5 Å². The van der Waals surface area contributed by atoms with Crippen molar-refractivity contribution in [2.75, 3.05) is 36.5 Å². The lowest BCUT2D eigenvalue weighted by Crippen LogP contribution is -2.51. The number of methoxy groups -OCH3 is 2. The number of nitrogens with zero attached hydrogens (tertiary/aromatic N) is 2. The van der Waals surface area contributed by atoms with Crippen LogP contribution in [0.4, 0.5) is 11.4 Å². The summed E-state index contributed by atoms with van der Waals surface area (Å²) in [4.78, 5) is 27.2. The smallest absolute Gasteiger partial charge is 0.348 e. The highest BCUT2D eigenvalue weighted by molar-refractivity contribution is 7.93. The standard InChI is InChI=1S/C26H26N2O7S/c1-18-13-14-22(33-2)24(15-18)36(31,32)28(19-9-5-4-6-10-19)17-25(29)27-16-23(26(30)34-3)35-21-12-8-7-11-20(21)27/h4-15,23H,16-17H2,1-3H3/t23-/m0/s1. The van der Waals surface area contributed by atoms with Crippen LogP contribution in [0.1, 0.15) is 5.56 Å². The molecular weight excluding hydrogens is 484 g/mol. The minimum absolute atomic E-state index is 0.0588. The minimum atomic E-state index is -4.23. The fourth-order valence-electron chi connectivity index (χ4n) is 3.95. The zero-order valence-corrected chi connectivity index (χ0v) is 20.9. The third-order valence-electron chi connectivity index (χ3n) is 5.75. The highest BCUT2D eigenvalue weighted by atomic mass is 32.2. The molecule has 1 aliphatic heterocycles. The molecule has 1 atom stereocenters. The summed E-state index contributed by atoms with van der Waals surface area (Å²) in [7, 11) is -1.61. The van der Waals surface area contributed by atoms with Crippen LogP contribution in [0.2, 0.25) is 0 Å². The average molecular weight is 511 g/mol. The van der Waals surface area contributed by atoms with Gasteiger partial charge in [-0.25, -0.2) is 13.2 Å². The number of ether oxygens (including phenoxy) is 3. The quantitative estimate of drug-likeness (QED) is 0.450. The van der Waals surface area contributed by atoms with Gasteiger partial charge in [0.25, 0.3) is 10.0 Å². The topological polar surface area (TPSA) is 102 Å². The van der Waals surface area contributed by atoms with E-state index >= 15 is 0 Å². The maximum Gasteiger partial charge on any atom is 0.348 e. The van der Waals surface area contributed by atoms with E-state index in [1.54, 1.807) is 73.7 Å². The van der Waals surface area contributed by atoms with Gasteiger partial charge in [0.05, 0.1) is 32.1 Å². The van der Waals surface area contributed by atoms with E-state index in [2.05, 4.69) is 0 Å². The third kappa shape index (κ3) is 4.85. The molecule has 9 nitrogen and oxygen atoms in total. The van der Waals surface area contributed by atoms with Gasteiger partial charge < -0.3 is 19.1 Å². The maximum atomic E-state index is 13.9. The number of amides is 1. The monoisotopic (exact) mass is 510 g/mol. The molecule has 36 heavy (non-hydrogen) atoms. The predicted octanol–water partition coefficient (Wildman–Crippen LogP) is 3.17. The number of rotatable bonds is 7. The van der Waals surface area contributed by atoms with E-state index in [-0.39, 0.29) is 17.2 Å². The Bertz CT molecular complexity index is 1380. The largest absolute Gasteiger partial charge is 0.495 e.